The van der Waals surface area contributed by atoms with E-state index >= 15 is 0 Å². The number of hydrogen-bond donors (Lipinski definition) is 2. The van der Waals surface area contributed by atoms with E-state index in [0.29, 0.717) is 6.42 Å². The maximum Gasteiger partial charge on any atom is 0.320 e. The minimum Gasteiger partial charge on any atom is -0.490 e. The molecule has 19 heavy (non-hydrogen) atoms. The van der Waals surface area contributed by atoms with Crippen molar-refractivity contribution in [1.29, 1.82) is 0 Å². The lowest BCUT2D eigenvalue weighted by atomic mass is 10.1. The summed E-state index contributed by atoms with van der Waals surface area (Å²) in [6, 6.07) is 6.71. The summed E-state index contributed by atoms with van der Waals surface area (Å²) in [5.41, 5.74) is 6.44. The molecule has 0 aromatic heterocycles. The molecule has 0 saturated carbocycles. The van der Waals surface area contributed by atoms with E-state index in [1.54, 1.807) is 0 Å². The second kappa shape index (κ2) is 6.82. The molecule has 1 fully saturated rings. The number of carboxylic acids is 1. The molecule has 1 aromatic carbocycles. The molecule has 5 heteroatoms. The number of carbonyl (C=O) groups is 1. The molecule has 4 nitrogen and oxygen atoms in total. The van der Waals surface area contributed by atoms with Gasteiger partial charge in [0, 0.05) is 0 Å². The van der Waals surface area contributed by atoms with Crippen LogP contribution in [0, 0.1) is 0 Å². The Labute approximate surface area is 117 Å². The first-order valence-electron chi connectivity index (χ1n) is 6.47. The van der Waals surface area contributed by atoms with Gasteiger partial charge in [-0.25, -0.2) is 0 Å². The second-order valence-electron chi connectivity index (χ2n) is 4.73. The Bertz CT molecular complexity index is 432. The molecular weight excluding hydrogens is 262 g/mol. The van der Waals surface area contributed by atoms with Gasteiger partial charge in [0.15, 0.2) is 0 Å². The third-order valence-electron chi connectivity index (χ3n) is 3.14. The molecule has 1 aliphatic rings. The fraction of sp³-hybridized carbons (Fsp3) is 0.500. The quantitative estimate of drug-likeness (QED) is 0.862. The van der Waals surface area contributed by atoms with Gasteiger partial charge in [-0.3, -0.25) is 4.79 Å². The molecule has 2 rings (SSSR count). The normalized spacial score (nSPS) is 17.9. The number of thioether (sulfide) groups is 1. The summed E-state index contributed by atoms with van der Waals surface area (Å²) in [6.45, 7) is 0. The Morgan fingerprint density at radius 1 is 1.47 bits per heavy atom. The van der Waals surface area contributed by atoms with Crippen LogP contribution in [-0.2, 0) is 11.2 Å². The smallest absolute Gasteiger partial charge is 0.320 e. The highest BCUT2D eigenvalue weighted by atomic mass is 32.2. The van der Waals surface area contributed by atoms with Gasteiger partial charge in [0.2, 0.25) is 0 Å². The van der Waals surface area contributed by atoms with Gasteiger partial charge in [-0.1, -0.05) is 12.1 Å². The zero-order valence-corrected chi connectivity index (χ0v) is 11.6. The second-order valence-corrected chi connectivity index (χ2v) is 5.95. The van der Waals surface area contributed by atoms with Crippen molar-refractivity contribution in [2.75, 3.05) is 11.5 Å². The van der Waals surface area contributed by atoms with Crippen molar-refractivity contribution in [2.24, 2.45) is 5.73 Å². The number of carboxylic acid groups (broad SMARTS) is 1. The average Bonchev–Trinajstić information content (AvgIpc) is 2.40. The van der Waals surface area contributed by atoms with Crippen molar-refractivity contribution in [3.05, 3.63) is 29.8 Å². The van der Waals surface area contributed by atoms with Crippen LogP contribution in [0.3, 0.4) is 0 Å². The van der Waals surface area contributed by atoms with E-state index in [9.17, 15) is 4.79 Å². The first kappa shape index (κ1) is 14.2. The van der Waals surface area contributed by atoms with Gasteiger partial charge < -0.3 is 15.6 Å². The number of nitrogens with two attached hydrogens (primary N) is 1. The van der Waals surface area contributed by atoms with E-state index in [1.165, 1.54) is 0 Å². The number of ether oxygens (including phenoxy) is 1. The summed E-state index contributed by atoms with van der Waals surface area (Å²) in [5, 5.41) is 8.82. The number of rotatable bonds is 5. The van der Waals surface area contributed by atoms with Crippen molar-refractivity contribution in [1.82, 2.24) is 0 Å². The number of benzene rings is 1. The van der Waals surface area contributed by atoms with E-state index in [1.807, 2.05) is 36.0 Å². The average molecular weight is 281 g/mol. The van der Waals surface area contributed by atoms with Crippen LogP contribution >= 0.6 is 11.8 Å². The first-order chi connectivity index (χ1) is 9.15. The molecule has 0 aliphatic carbocycles. The van der Waals surface area contributed by atoms with Crippen LogP contribution in [0.4, 0.5) is 0 Å². The molecule has 1 heterocycles. The lowest BCUT2D eigenvalue weighted by Gasteiger charge is -2.23. The Hall–Kier alpha value is -1.20. The zero-order valence-electron chi connectivity index (χ0n) is 10.7. The van der Waals surface area contributed by atoms with Gasteiger partial charge in [0.05, 0.1) is 0 Å². The van der Waals surface area contributed by atoms with Crippen LogP contribution < -0.4 is 10.5 Å². The summed E-state index contributed by atoms with van der Waals surface area (Å²) in [7, 11) is 0. The Morgan fingerprint density at radius 3 is 2.89 bits per heavy atom. The molecule has 1 unspecified atom stereocenters. The molecule has 1 aliphatic heterocycles. The van der Waals surface area contributed by atoms with Crippen molar-refractivity contribution < 1.29 is 14.6 Å². The van der Waals surface area contributed by atoms with E-state index < -0.39 is 12.0 Å². The van der Waals surface area contributed by atoms with E-state index in [4.69, 9.17) is 15.6 Å². The summed E-state index contributed by atoms with van der Waals surface area (Å²) in [4.78, 5) is 10.7. The van der Waals surface area contributed by atoms with Gasteiger partial charge in [0.25, 0.3) is 0 Å². The molecule has 0 radical (unpaired) electrons. The summed E-state index contributed by atoms with van der Waals surface area (Å²) in [5.74, 6) is 2.13. The highest BCUT2D eigenvalue weighted by Crippen LogP contribution is 2.23. The van der Waals surface area contributed by atoms with E-state index in [2.05, 4.69) is 0 Å². The fourth-order valence-corrected chi connectivity index (χ4v) is 3.14. The van der Waals surface area contributed by atoms with Crippen molar-refractivity contribution >= 4 is 17.7 Å². The van der Waals surface area contributed by atoms with Crippen LogP contribution in [0.15, 0.2) is 24.3 Å². The maximum atomic E-state index is 10.7. The minimum atomic E-state index is -0.976. The third-order valence-corrected chi connectivity index (χ3v) is 4.19. The van der Waals surface area contributed by atoms with Gasteiger partial charge in [0.1, 0.15) is 17.9 Å². The SMILES string of the molecule is NC(Cc1cccc(OC2CCSCC2)c1)C(=O)O. The number of aliphatic carboxylic acids is 1. The molecule has 1 aromatic rings. The highest BCUT2D eigenvalue weighted by molar-refractivity contribution is 7.99. The van der Waals surface area contributed by atoms with Crippen LogP contribution in [0.5, 0.6) is 5.75 Å². The van der Waals surface area contributed by atoms with Gasteiger partial charge in [-0.05, 0) is 48.5 Å². The van der Waals surface area contributed by atoms with E-state index in [-0.39, 0.29) is 6.10 Å². The van der Waals surface area contributed by atoms with Crippen molar-refractivity contribution in [2.45, 2.75) is 31.4 Å². The van der Waals surface area contributed by atoms with E-state index in [0.717, 1.165) is 35.7 Å². The molecule has 104 valence electrons. The summed E-state index contributed by atoms with van der Waals surface area (Å²) < 4.78 is 5.94. The lowest BCUT2D eigenvalue weighted by Crippen LogP contribution is -2.32. The van der Waals surface area contributed by atoms with Gasteiger partial charge in [-0.2, -0.15) is 11.8 Å². The molecule has 0 bridgehead atoms. The Kier molecular flexibility index (Phi) is 5.10. The molecular formula is C14H19NO3S. The first-order valence-corrected chi connectivity index (χ1v) is 7.62. The standard InChI is InChI=1S/C14H19NO3S/c15-13(14(16)17)9-10-2-1-3-12(8-10)18-11-4-6-19-7-5-11/h1-3,8,11,13H,4-7,9,15H2,(H,16,17). The summed E-state index contributed by atoms with van der Waals surface area (Å²) in [6.07, 6.45) is 2.75. The molecule has 0 amide bonds. The van der Waals surface area contributed by atoms with Crippen LogP contribution in [0.25, 0.3) is 0 Å². The summed E-state index contributed by atoms with van der Waals surface area (Å²) >= 11 is 1.96. The van der Waals surface area contributed by atoms with Gasteiger partial charge in [-0.15, -0.1) is 0 Å². The minimum absolute atomic E-state index is 0.282. The monoisotopic (exact) mass is 281 g/mol. The van der Waals surface area contributed by atoms with Crippen LogP contribution in [0.1, 0.15) is 18.4 Å². The van der Waals surface area contributed by atoms with Crippen molar-refractivity contribution in [3.63, 3.8) is 0 Å². The largest absolute Gasteiger partial charge is 0.490 e. The molecule has 3 N–H and O–H groups in total. The highest BCUT2D eigenvalue weighted by Gasteiger charge is 2.16. The third kappa shape index (κ3) is 4.44. The van der Waals surface area contributed by atoms with Gasteiger partial charge >= 0.3 is 5.97 Å². The Balaban J connectivity index is 1.96. The molecule has 0 spiro atoms. The Morgan fingerprint density at radius 2 is 2.21 bits per heavy atom. The molecule has 1 atom stereocenters. The van der Waals surface area contributed by atoms with Crippen LogP contribution in [-0.4, -0.2) is 34.7 Å². The van der Waals surface area contributed by atoms with Crippen molar-refractivity contribution in [3.8, 4) is 5.75 Å². The fourth-order valence-electron chi connectivity index (χ4n) is 2.07. The predicted octanol–water partition coefficient (Wildman–Crippen LogP) is 1.92. The van der Waals surface area contributed by atoms with Crippen LogP contribution in [0.2, 0.25) is 0 Å². The number of hydrogen-bond acceptors (Lipinski definition) is 4. The zero-order chi connectivity index (χ0) is 13.7. The molecule has 1 saturated heterocycles. The predicted molar refractivity (Wildman–Crippen MR) is 76.7 cm³/mol. The topological polar surface area (TPSA) is 72.5 Å². The maximum absolute atomic E-state index is 10.7. The lowest BCUT2D eigenvalue weighted by molar-refractivity contribution is -0.138.